The lowest BCUT2D eigenvalue weighted by Gasteiger charge is -2.38. The molecule has 1 unspecified atom stereocenters. The Kier molecular flexibility index (Phi) is 7.87. The smallest absolute Gasteiger partial charge is 0.242 e. The third-order valence-corrected chi connectivity index (χ3v) is 4.93. The molecule has 1 aliphatic heterocycles. The summed E-state index contributed by atoms with van der Waals surface area (Å²) in [5, 5.41) is 2.57. The van der Waals surface area contributed by atoms with Gasteiger partial charge in [-0.15, -0.1) is 12.4 Å². The summed E-state index contributed by atoms with van der Waals surface area (Å²) >= 11 is 0. The van der Waals surface area contributed by atoms with Crippen molar-refractivity contribution in [3.05, 3.63) is 59.2 Å². The minimum atomic E-state index is -0.353. The van der Waals surface area contributed by atoms with E-state index in [4.69, 9.17) is 15.2 Å². The van der Waals surface area contributed by atoms with E-state index in [0.29, 0.717) is 24.5 Å². The molecule has 0 aromatic heterocycles. The summed E-state index contributed by atoms with van der Waals surface area (Å²) in [5.74, 6) is 0.778. The fourth-order valence-corrected chi connectivity index (χ4v) is 3.56. The van der Waals surface area contributed by atoms with Crippen molar-refractivity contribution in [2.45, 2.75) is 12.5 Å². The van der Waals surface area contributed by atoms with Gasteiger partial charge in [0, 0.05) is 6.54 Å². The number of hydrogen-bond acceptors (Lipinski definition) is 5. The molecule has 0 fully saturated rings. The Labute approximate surface area is 176 Å². The maximum absolute atomic E-state index is 12.9. The molecule has 3 N–H and O–H groups in total. The highest BCUT2D eigenvalue weighted by atomic mass is 35.5. The third-order valence-electron chi connectivity index (χ3n) is 4.93. The van der Waals surface area contributed by atoms with E-state index < -0.39 is 0 Å². The minimum absolute atomic E-state index is 0. The van der Waals surface area contributed by atoms with Gasteiger partial charge in [-0.3, -0.25) is 9.59 Å². The Morgan fingerprint density at radius 2 is 1.79 bits per heavy atom. The molecule has 7 nitrogen and oxygen atoms in total. The number of benzene rings is 2. The van der Waals surface area contributed by atoms with Gasteiger partial charge in [0.1, 0.15) is 0 Å². The van der Waals surface area contributed by atoms with Crippen LogP contribution in [0, 0.1) is 0 Å². The maximum atomic E-state index is 12.9. The molecule has 8 heteroatoms. The highest BCUT2D eigenvalue weighted by molar-refractivity contribution is 5.86. The highest BCUT2D eigenvalue weighted by Crippen LogP contribution is 2.40. The Balaban J connectivity index is 0.00000300. The van der Waals surface area contributed by atoms with Gasteiger partial charge >= 0.3 is 0 Å². The van der Waals surface area contributed by atoms with Crippen molar-refractivity contribution in [1.82, 2.24) is 10.2 Å². The van der Waals surface area contributed by atoms with Gasteiger partial charge in [0.15, 0.2) is 11.5 Å². The second-order valence-corrected chi connectivity index (χ2v) is 6.54. The average Bonchev–Trinajstić information content (AvgIpc) is 2.75. The van der Waals surface area contributed by atoms with E-state index in [9.17, 15) is 9.59 Å². The maximum Gasteiger partial charge on any atom is 0.242 e. The number of carbonyl (C=O) groups is 2. The van der Waals surface area contributed by atoms with Crippen LogP contribution in [0.3, 0.4) is 0 Å². The second-order valence-electron chi connectivity index (χ2n) is 6.54. The number of methoxy groups -OCH3 is 2. The van der Waals surface area contributed by atoms with E-state index in [0.717, 1.165) is 16.7 Å². The van der Waals surface area contributed by atoms with E-state index in [-0.39, 0.29) is 43.4 Å². The zero-order valence-corrected chi connectivity index (χ0v) is 17.3. The first-order chi connectivity index (χ1) is 13.6. The SMILES string of the molecule is COc1cc2c(cc1OC)C(c1ccccc1)N(C(=O)CNC(=O)CN)CC2.Cl. The van der Waals surface area contributed by atoms with Crippen LogP contribution in [0.25, 0.3) is 0 Å². The number of fused-ring (bicyclic) bond motifs is 1. The Bertz CT molecular complexity index is 861. The second kappa shape index (κ2) is 10.1. The van der Waals surface area contributed by atoms with E-state index in [1.807, 2.05) is 42.5 Å². The summed E-state index contributed by atoms with van der Waals surface area (Å²) in [4.78, 5) is 26.2. The molecule has 1 aliphatic rings. The standard InChI is InChI=1S/C21H25N3O4.ClH/c1-27-17-10-15-8-9-24(20(26)13-23-19(25)12-22)21(14-6-4-3-5-7-14)16(15)11-18(17)28-2;/h3-7,10-11,21H,8-9,12-13,22H2,1-2H3,(H,23,25);1H. The third kappa shape index (κ3) is 4.81. The van der Waals surface area contributed by atoms with Gasteiger partial charge in [-0.05, 0) is 35.2 Å². The van der Waals surface area contributed by atoms with E-state index >= 15 is 0 Å². The summed E-state index contributed by atoms with van der Waals surface area (Å²) in [7, 11) is 3.20. The van der Waals surface area contributed by atoms with Crippen LogP contribution in [0.5, 0.6) is 11.5 Å². The molecule has 0 spiro atoms. The van der Waals surface area contributed by atoms with Crippen LogP contribution in [0.2, 0.25) is 0 Å². The molecule has 0 saturated carbocycles. The molecule has 29 heavy (non-hydrogen) atoms. The minimum Gasteiger partial charge on any atom is -0.493 e. The van der Waals surface area contributed by atoms with Crippen LogP contribution in [0.1, 0.15) is 22.7 Å². The molecule has 1 heterocycles. The van der Waals surface area contributed by atoms with E-state index in [2.05, 4.69) is 5.32 Å². The van der Waals surface area contributed by atoms with Gasteiger partial charge in [-0.25, -0.2) is 0 Å². The molecule has 3 rings (SSSR count). The number of carbonyl (C=O) groups excluding carboxylic acids is 2. The summed E-state index contributed by atoms with van der Waals surface area (Å²) in [6.07, 6.45) is 0.690. The van der Waals surface area contributed by atoms with Gasteiger partial charge in [-0.1, -0.05) is 30.3 Å². The van der Waals surface area contributed by atoms with Crippen LogP contribution >= 0.6 is 12.4 Å². The van der Waals surface area contributed by atoms with Crippen LogP contribution < -0.4 is 20.5 Å². The normalized spacial score (nSPS) is 15.0. The number of hydrogen-bond donors (Lipinski definition) is 2. The number of amides is 2. The van der Waals surface area contributed by atoms with E-state index in [1.54, 1.807) is 19.1 Å². The summed E-state index contributed by atoms with van der Waals surface area (Å²) in [5.41, 5.74) is 8.42. The van der Waals surface area contributed by atoms with Gasteiger partial charge in [0.2, 0.25) is 11.8 Å². The Morgan fingerprint density at radius 3 is 2.41 bits per heavy atom. The fraction of sp³-hybridized carbons (Fsp3) is 0.333. The molecule has 0 saturated heterocycles. The zero-order valence-electron chi connectivity index (χ0n) is 16.5. The monoisotopic (exact) mass is 419 g/mol. The van der Waals surface area contributed by atoms with Crippen molar-refractivity contribution in [2.75, 3.05) is 33.9 Å². The topological polar surface area (TPSA) is 93.9 Å². The Morgan fingerprint density at radius 1 is 1.14 bits per heavy atom. The summed E-state index contributed by atoms with van der Waals surface area (Å²) in [6, 6.07) is 13.5. The molecule has 2 aromatic rings. The van der Waals surface area contributed by atoms with Crippen molar-refractivity contribution < 1.29 is 19.1 Å². The average molecular weight is 420 g/mol. The van der Waals surface area contributed by atoms with Crippen LogP contribution in [-0.4, -0.2) is 50.6 Å². The predicted octanol–water partition coefficient (Wildman–Crippen LogP) is 1.67. The molecule has 2 aromatic carbocycles. The van der Waals surface area contributed by atoms with Crippen molar-refractivity contribution in [3.63, 3.8) is 0 Å². The number of nitrogens with two attached hydrogens (primary N) is 1. The summed E-state index contributed by atoms with van der Waals surface area (Å²) in [6.45, 7) is 0.316. The first-order valence-electron chi connectivity index (χ1n) is 9.15. The number of halogens is 1. The van der Waals surface area contributed by atoms with Crippen molar-refractivity contribution in [1.29, 1.82) is 0 Å². The molecule has 2 amide bonds. The molecule has 1 atom stereocenters. The van der Waals surface area contributed by atoms with Crippen LogP contribution in [0.15, 0.2) is 42.5 Å². The first kappa shape index (κ1) is 22.5. The van der Waals surface area contributed by atoms with Gasteiger partial charge in [-0.2, -0.15) is 0 Å². The number of nitrogens with one attached hydrogen (secondary N) is 1. The zero-order chi connectivity index (χ0) is 20.1. The molecule has 0 aliphatic carbocycles. The van der Waals surface area contributed by atoms with Gasteiger partial charge < -0.3 is 25.4 Å². The van der Waals surface area contributed by atoms with E-state index in [1.165, 1.54) is 0 Å². The van der Waals surface area contributed by atoms with Crippen LogP contribution in [0.4, 0.5) is 0 Å². The molecule has 156 valence electrons. The quantitative estimate of drug-likeness (QED) is 0.742. The van der Waals surface area contributed by atoms with Gasteiger partial charge in [0.05, 0.1) is 33.4 Å². The largest absolute Gasteiger partial charge is 0.493 e. The molecular weight excluding hydrogens is 394 g/mol. The molecule has 0 radical (unpaired) electrons. The van der Waals surface area contributed by atoms with Crippen LogP contribution in [-0.2, 0) is 16.0 Å². The predicted molar refractivity (Wildman–Crippen MR) is 113 cm³/mol. The van der Waals surface area contributed by atoms with Gasteiger partial charge in [0.25, 0.3) is 0 Å². The van der Waals surface area contributed by atoms with Crippen molar-refractivity contribution >= 4 is 24.2 Å². The highest BCUT2D eigenvalue weighted by Gasteiger charge is 2.33. The first-order valence-corrected chi connectivity index (χ1v) is 9.15. The molecule has 0 bridgehead atoms. The lowest BCUT2D eigenvalue weighted by Crippen LogP contribution is -2.46. The summed E-state index contributed by atoms with van der Waals surface area (Å²) < 4.78 is 10.9. The number of rotatable bonds is 6. The lowest BCUT2D eigenvalue weighted by atomic mass is 9.87. The van der Waals surface area contributed by atoms with Crippen molar-refractivity contribution in [2.24, 2.45) is 5.73 Å². The number of ether oxygens (including phenoxy) is 2. The van der Waals surface area contributed by atoms with Crippen molar-refractivity contribution in [3.8, 4) is 11.5 Å². The fourth-order valence-electron chi connectivity index (χ4n) is 3.56. The lowest BCUT2D eigenvalue weighted by molar-refractivity contribution is -0.134. The molecular formula is C21H26ClN3O4. The Hall–Kier alpha value is -2.77. The number of nitrogens with zero attached hydrogens (tertiary/aromatic N) is 1.